The number of thioether (sulfide) groups is 1. The van der Waals surface area contributed by atoms with Crippen LogP contribution in [-0.2, 0) is 4.79 Å². The van der Waals surface area contributed by atoms with Gasteiger partial charge in [-0.2, -0.15) is 0 Å². The first-order chi connectivity index (χ1) is 5.72. The number of rotatable bonds is 6. The zero-order chi connectivity index (χ0) is 9.40. The fraction of sp³-hybridized carbons (Fsp3) is 0.875. The summed E-state index contributed by atoms with van der Waals surface area (Å²) in [7, 11) is 0. The van der Waals surface area contributed by atoms with Gasteiger partial charge < -0.3 is 10.4 Å². The van der Waals surface area contributed by atoms with Gasteiger partial charge in [0.15, 0.2) is 0 Å². The lowest BCUT2D eigenvalue weighted by Crippen LogP contribution is -2.30. The number of carbonyl (C=O) groups excluding carboxylic acids is 1. The number of nitrogens with one attached hydrogen (secondary N) is 1. The van der Waals surface area contributed by atoms with Gasteiger partial charge in [0.1, 0.15) is 0 Å². The lowest BCUT2D eigenvalue weighted by Gasteiger charge is -2.09. The maximum atomic E-state index is 11.1. The van der Waals surface area contributed by atoms with Crippen molar-refractivity contribution in [1.29, 1.82) is 0 Å². The molecule has 0 saturated heterocycles. The Balaban J connectivity index is 3.42. The summed E-state index contributed by atoms with van der Waals surface area (Å²) in [5.74, 6) is 0.926. The van der Waals surface area contributed by atoms with E-state index < -0.39 is 0 Å². The van der Waals surface area contributed by atoms with Crippen molar-refractivity contribution in [2.24, 2.45) is 0 Å². The van der Waals surface area contributed by atoms with Crippen LogP contribution in [-0.4, -0.2) is 35.2 Å². The van der Waals surface area contributed by atoms with Gasteiger partial charge in [-0.1, -0.05) is 0 Å². The van der Waals surface area contributed by atoms with Crippen LogP contribution < -0.4 is 5.32 Å². The highest BCUT2D eigenvalue weighted by atomic mass is 32.2. The summed E-state index contributed by atoms with van der Waals surface area (Å²) in [6.07, 6.45) is 0.758. The molecule has 0 aromatic rings. The molecule has 12 heavy (non-hydrogen) atoms. The molecule has 0 aliphatic rings. The molecule has 1 unspecified atom stereocenters. The van der Waals surface area contributed by atoms with E-state index in [9.17, 15) is 4.79 Å². The lowest BCUT2D eigenvalue weighted by atomic mass is 10.4. The highest BCUT2D eigenvalue weighted by Gasteiger charge is 2.10. The molecule has 0 radical (unpaired) electrons. The molecule has 0 saturated carbocycles. The van der Waals surface area contributed by atoms with Gasteiger partial charge >= 0.3 is 0 Å². The molecule has 0 aliphatic heterocycles. The van der Waals surface area contributed by atoms with E-state index in [-0.39, 0.29) is 17.8 Å². The van der Waals surface area contributed by atoms with E-state index in [2.05, 4.69) is 5.32 Å². The van der Waals surface area contributed by atoms with E-state index in [0.717, 1.165) is 12.2 Å². The zero-order valence-corrected chi connectivity index (χ0v) is 8.49. The molecule has 0 aromatic carbocycles. The van der Waals surface area contributed by atoms with Crippen LogP contribution in [0.4, 0.5) is 0 Å². The van der Waals surface area contributed by atoms with E-state index in [1.54, 1.807) is 11.8 Å². The standard InChI is InChI=1S/C8H17NO2S/c1-3-9-8(11)7(2)12-6-4-5-10/h7,10H,3-6H2,1-2H3,(H,9,11). The van der Waals surface area contributed by atoms with Crippen LogP contribution in [0.3, 0.4) is 0 Å². The molecule has 0 rings (SSSR count). The second-order valence-electron chi connectivity index (χ2n) is 2.48. The number of aliphatic hydroxyl groups excluding tert-OH is 1. The van der Waals surface area contributed by atoms with E-state index >= 15 is 0 Å². The minimum Gasteiger partial charge on any atom is -0.396 e. The zero-order valence-electron chi connectivity index (χ0n) is 7.67. The summed E-state index contributed by atoms with van der Waals surface area (Å²) in [6.45, 7) is 4.68. The Kier molecular flexibility index (Phi) is 7.29. The Morgan fingerprint density at radius 3 is 2.83 bits per heavy atom. The molecular formula is C8H17NO2S. The smallest absolute Gasteiger partial charge is 0.232 e. The first-order valence-corrected chi connectivity index (χ1v) is 5.27. The average Bonchev–Trinajstić information content (AvgIpc) is 2.05. The van der Waals surface area contributed by atoms with Gasteiger partial charge in [-0.3, -0.25) is 4.79 Å². The second kappa shape index (κ2) is 7.43. The summed E-state index contributed by atoms with van der Waals surface area (Å²) in [5.41, 5.74) is 0. The molecule has 0 aliphatic carbocycles. The van der Waals surface area contributed by atoms with Crippen molar-refractivity contribution in [2.75, 3.05) is 18.9 Å². The molecule has 0 aromatic heterocycles. The van der Waals surface area contributed by atoms with E-state index in [1.807, 2.05) is 13.8 Å². The number of hydrogen-bond acceptors (Lipinski definition) is 3. The third kappa shape index (κ3) is 5.43. The molecule has 72 valence electrons. The van der Waals surface area contributed by atoms with Crippen LogP contribution >= 0.6 is 11.8 Å². The largest absolute Gasteiger partial charge is 0.396 e. The topological polar surface area (TPSA) is 49.3 Å². The van der Waals surface area contributed by atoms with Gasteiger partial charge in [0.2, 0.25) is 5.91 Å². The van der Waals surface area contributed by atoms with Gasteiger partial charge in [0.25, 0.3) is 0 Å². The summed E-state index contributed by atoms with van der Waals surface area (Å²) in [4.78, 5) is 11.1. The van der Waals surface area contributed by atoms with Gasteiger partial charge in [-0.05, 0) is 26.0 Å². The van der Waals surface area contributed by atoms with Gasteiger partial charge in [0.05, 0.1) is 5.25 Å². The fourth-order valence-electron chi connectivity index (χ4n) is 0.718. The quantitative estimate of drug-likeness (QED) is 0.605. The molecule has 4 heteroatoms. The summed E-state index contributed by atoms with van der Waals surface area (Å²) < 4.78 is 0. The van der Waals surface area contributed by atoms with Crippen LogP contribution in [0.1, 0.15) is 20.3 Å². The molecule has 3 nitrogen and oxygen atoms in total. The average molecular weight is 191 g/mol. The van der Waals surface area contributed by atoms with Crippen molar-refractivity contribution in [3.8, 4) is 0 Å². The number of hydrogen-bond donors (Lipinski definition) is 2. The molecular weight excluding hydrogens is 174 g/mol. The van der Waals surface area contributed by atoms with Gasteiger partial charge in [-0.15, -0.1) is 11.8 Å². The second-order valence-corrected chi connectivity index (χ2v) is 3.93. The lowest BCUT2D eigenvalue weighted by molar-refractivity contribution is -0.120. The van der Waals surface area contributed by atoms with Crippen LogP contribution in [0.25, 0.3) is 0 Å². The third-order valence-corrected chi connectivity index (χ3v) is 2.63. The van der Waals surface area contributed by atoms with Crippen molar-refractivity contribution < 1.29 is 9.90 Å². The number of amides is 1. The Labute approximate surface area is 77.9 Å². The van der Waals surface area contributed by atoms with Crippen LogP contribution in [0.15, 0.2) is 0 Å². The predicted octanol–water partition coefficient (Wildman–Crippen LogP) is 0.627. The van der Waals surface area contributed by atoms with Crippen LogP contribution in [0.2, 0.25) is 0 Å². The molecule has 0 fully saturated rings. The molecule has 0 heterocycles. The van der Waals surface area contributed by atoms with Gasteiger partial charge in [0, 0.05) is 13.2 Å². The molecule has 1 amide bonds. The highest BCUT2D eigenvalue weighted by Crippen LogP contribution is 2.10. The summed E-state index contributed by atoms with van der Waals surface area (Å²) in [6, 6.07) is 0. The Morgan fingerprint density at radius 1 is 1.67 bits per heavy atom. The molecule has 0 bridgehead atoms. The van der Waals surface area contributed by atoms with Gasteiger partial charge in [-0.25, -0.2) is 0 Å². The normalized spacial score (nSPS) is 12.6. The molecule has 2 N–H and O–H groups in total. The first-order valence-electron chi connectivity index (χ1n) is 4.22. The summed E-state index contributed by atoms with van der Waals surface area (Å²) >= 11 is 1.58. The Bertz CT molecular complexity index is 130. The fourth-order valence-corrected chi connectivity index (χ4v) is 1.60. The van der Waals surface area contributed by atoms with Crippen molar-refractivity contribution in [3.05, 3.63) is 0 Å². The van der Waals surface area contributed by atoms with E-state index in [4.69, 9.17) is 5.11 Å². The highest BCUT2D eigenvalue weighted by molar-refractivity contribution is 8.00. The van der Waals surface area contributed by atoms with E-state index in [1.165, 1.54) is 0 Å². The third-order valence-electron chi connectivity index (χ3n) is 1.39. The van der Waals surface area contributed by atoms with Crippen LogP contribution in [0.5, 0.6) is 0 Å². The first kappa shape index (κ1) is 11.8. The summed E-state index contributed by atoms with van der Waals surface area (Å²) in [5, 5.41) is 11.3. The SMILES string of the molecule is CCNC(=O)C(C)SCCCO. The van der Waals surface area contributed by atoms with Crippen molar-refractivity contribution >= 4 is 17.7 Å². The minimum atomic E-state index is -0.00324. The van der Waals surface area contributed by atoms with Crippen LogP contribution in [0, 0.1) is 0 Å². The molecule has 0 spiro atoms. The van der Waals surface area contributed by atoms with Crippen molar-refractivity contribution in [1.82, 2.24) is 5.32 Å². The maximum Gasteiger partial charge on any atom is 0.232 e. The maximum absolute atomic E-state index is 11.1. The Morgan fingerprint density at radius 2 is 2.33 bits per heavy atom. The molecule has 1 atom stereocenters. The number of carbonyl (C=O) groups is 1. The van der Waals surface area contributed by atoms with Crippen molar-refractivity contribution in [3.63, 3.8) is 0 Å². The monoisotopic (exact) mass is 191 g/mol. The number of aliphatic hydroxyl groups is 1. The Hall–Kier alpha value is -0.220. The van der Waals surface area contributed by atoms with E-state index in [0.29, 0.717) is 6.54 Å². The van der Waals surface area contributed by atoms with Crippen molar-refractivity contribution in [2.45, 2.75) is 25.5 Å². The predicted molar refractivity (Wildman–Crippen MR) is 52.3 cm³/mol. The minimum absolute atomic E-state index is 0.00324.